The summed E-state index contributed by atoms with van der Waals surface area (Å²) >= 11 is 11.6. The van der Waals surface area contributed by atoms with Crippen molar-refractivity contribution in [2.75, 3.05) is 0 Å². The zero-order valence-electron chi connectivity index (χ0n) is 8.59. The third-order valence-electron chi connectivity index (χ3n) is 1.59. The minimum absolute atomic E-state index is 0.154. The zero-order valence-corrected chi connectivity index (χ0v) is 10.1. The molecule has 1 aromatic rings. The number of hydrogen-bond acceptors (Lipinski definition) is 2. The van der Waals surface area contributed by atoms with E-state index in [4.69, 9.17) is 27.9 Å². The monoisotopic (exact) mass is 246 g/mol. The van der Waals surface area contributed by atoms with Crippen LogP contribution in [-0.2, 0) is 4.79 Å². The molecule has 1 aromatic carbocycles. The van der Waals surface area contributed by atoms with Gasteiger partial charge in [-0.25, -0.2) is 0 Å². The molecule has 0 spiro atoms. The molecule has 0 aliphatic rings. The van der Waals surface area contributed by atoms with Gasteiger partial charge in [0.2, 0.25) is 0 Å². The SMILES string of the molecule is CC(C)(Cl)CC(=O)Oc1cccc(Cl)c1. The summed E-state index contributed by atoms with van der Waals surface area (Å²) in [6, 6.07) is 6.69. The lowest BCUT2D eigenvalue weighted by Crippen LogP contribution is -2.20. The van der Waals surface area contributed by atoms with E-state index in [1.807, 2.05) is 0 Å². The summed E-state index contributed by atoms with van der Waals surface area (Å²) < 4.78 is 5.06. The lowest BCUT2D eigenvalue weighted by atomic mass is 10.1. The Labute approximate surface area is 99.1 Å². The van der Waals surface area contributed by atoms with E-state index >= 15 is 0 Å². The first-order valence-corrected chi connectivity index (χ1v) is 5.27. The van der Waals surface area contributed by atoms with Crippen LogP contribution in [0, 0.1) is 0 Å². The summed E-state index contributed by atoms with van der Waals surface area (Å²) in [6.45, 7) is 3.52. The molecular weight excluding hydrogens is 235 g/mol. The first-order chi connectivity index (χ1) is 6.87. The van der Waals surface area contributed by atoms with Gasteiger partial charge in [0.25, 0.3) is 0 Å². The summed E-state index contributed by atoms with van der Waals surface area (Å²) in [4.78, 5) is 10.8. The van der Waals surface area contributed by atoms with Crippen molar-refractivity contribution < 1.29 is 9.53 Å². The maximum Gasteiger partial charge on any atom is 0.312 e. The van der Waals surface area contributed by atoms with Gasteiger partial charge in [0.15, 0.2) is 0 Å². The van der Waals surface area contributed by atoms with E-state index in [9.17, 15) is 4.79 Å². The lowest BCUT2D eigenvalue weighted by molar-refractivity contribution is -0.134. The Morgan fingerprint density at radius 2 is 2.13 bits per heavy atom. The molecule has 0 heterocycles. The van der Waals surface area contributed by atoms with Crippen molar-refractivity contribution in [1.82, 2.24) is 0 Å². The van der Waals surface area contributed by atoms with Crippen LogP contribution in [0.15, 0.2) is 24.3 Å². The highest BCUT2D eigenvalue weighted by atomic mass is 35.5. The van der Waals surface area contributed by atoms with Crippen LogP contribution in [0.3, 0.4) is 0 Å². The van der Waals surface area contributed by atoms with Crippen LogP contribution in [0.2, 0.25) is 5.02 Å². The Hall–Kier alpha value is -0.730. The molecule has 0 unspecified atom stereocenters. The number of carbonyl (C=O) groups is 1. The average Bonchev–Trinajstić information content (AvgIpc) is 1.99. The molecule has 2 nitrogen and oxygen atoms in total. The van der Waals surface area contributed by atoms with Gasteiger partial charge in [-0.15, -0.1) is 11.6 Å². The summed E-state index contributed by atoms with van der Waals surface area (Å²) in [6.07, 6.45) is 0.154. The van der Waals surface area contributed by atoms with Crippen LogP contribution in [0.1, 0.15) is 20.3 Å². The van der Waals surface area contributed by atoms with Crippen molar-refractivity contribution in [2.24, 2.45) is 0 Å². The molecule has 0 saturated heterocycles. The Balaban J connectivity index is 2.59. The molecule has 0 aliphatic carbocycles. The molecule has 0 bridgehead atoms. The van der Waals surface area contributed by atoms with Gasteiger partial charge in [-0.3, -0.25) is 4.79 Å². The second-order valence-corrected chi connectivity index (χ2v) is 5.29. The van der Waals surface area contributed by atoms with Gasteiger partial charge in [0.05, 0.1) is 6.42 Å². The first-order valence-electron chi connectivity index (χ1n) is 4.52. The fraction of sp³-hybridized carbons (Fsp3) is 0.364. The molecule has 15 heavy (non-hydrogen) atoms. The standard InChI is InChI=1S/C11H12Cl2O2/c1-11(2,13)7-10(14)15-9-5-3-4-8(12)6-9/h3-6H,7H2,1-2H3. The van der Waals surface area contributed by atoms with Crippen molar-refractivity contribution in [1.29, 1.82) is 0 Å². The second-order valence-electron chi connectivity index (χ2n) is 3.83. The third-order valence-corrected chi connectivity index (χ3v) is 1.96. The number of alkyl halides is 1. The smallest absolute Gasteiger partial charge is 0.312 e. The molecule has 0 radical (unpaired) electrons. The second kappa shape index (κ2) is 4.86. The average molecular weight is 247 g/mol. The number of rotatable bonds is 3. The van der Waals surface area contributed by atoms with Gasteiger partial charge in [-0.2, -0.15) is 0 Å². The van der Waals surface area contributed by atoms with E-state index in [-0.39, 0.29) is 12.4 Å². The minimum Gasteiger partial charge on any atom is -0.426 e. The Kier molecular flexibility index (Phi) is 4.00. The van der Waals surface area contributed by atoms with E-state index in [1.54, 1.807) is 38.1 Å². The van der Waals surface area contributed by atoms with Crippen LogP contribution in [0.4, 0.5) is 0 Å². The number of carbonyl (C=O) groups excluding carboxylic acids is 1. The topological polar surface area (TPSA) is 26.3 Å². The molecule has 0 fully saturated rings. The molecule has 0 atom stereocenters. The fourth-order valence-corrected chi connectivity index (χ4v) is 1.33. The van der Waals surface area contributed by atoms with Gasteiger partial charge < -0.3 is 4.74 Å². The maximum atomic E-state index is 11.4. The molecule has 0 aromatic heterocycles. The predicted octanol–water partition coefficient (Wildman–Crippen LogP) is 3.65. The number of hydrogen-bond donors (Lipinski definition) is 0. The van der Waals surface area contributed by atoms with Crippen molar-refractivity contribution in [3.8, 4) is 5.75 Å². The van der Waals surface area contributed by atoms with E-state index in [2.05, 4.69) is 0 Å². The van der Waals surface area contributed by atoms with Crippen molar-refractivity contribution >= 4 is 29.2 Å². The number of ether oxygens (including phenoxy) is 1. The number of halogens is 2. The van der Waals surface area contributed by atoms with E-state index in [1.165, 1.54) is 0 Å². The van der Waals surface area contributed by atoms with Gasteiger partial charge in [0.1, 0.15) is 5.75 Å². The van der Waals surface area contributed by atoms with Gasteiger partial charge in [-0.1, -0.05) is 17.7 Å². The normalized spacial score (nSPS) is 11.2. The number of benzene rings is 1. The van der Waals surface area contributed by atoms with Crippen molar-refractivity contribution in [3.05, 3.63) is 29.3 Å². The highest BCUT2D eigenvalue weighted by Crippen LogP contribution is 2.21. The van der Waals surface area contributed by atoms with Crippen LogP contribution in [0.5, 0.6) is 5.75 Å². The molecule has 82 valence electrons. The molecule has 0 N–H and O–H groups in total. The molecule has 4 heteroatoms. The maximum absolute atomic E-state index is 11.4. The Bertz CT molecular complexity index is 356. The Morgan fingerprint density at radius 3 is 2.67 bits per heavy atom. The summed E-state index contributed by atoms with van der Waals surface area (Å²) in [5.41, 5.74) is 0. The molecule has 0 aliphatic heterocycles. The van der Waals surface area contributed by atoms with Crippen molar-refractivity contribution in [2.45, 2.75) is 25.1 Å². The first kappa shape index (κ1) is 12.3. The minimum atomic E-state index is -0.588. The molecule has 1 rings (SSSR count). The van der Waals surface area contributed by atoms with Crippen LogP contribution in [-0.4, -0.2) is 10.8 Å². The van der Waals surface area contributed by atoms with Gasteiger partial charge in [0, 0.05) is 9.90 Å². The zero-order chi connectivity index (χ0) is 11.5. The van der Waals surface area contributed by atoms with Gasteiger partial charge in [-0.05, 0) is 32.0 Å². The third kappa shape index (κ3) is 5.05. The molecule has 0 amide bonds. The summed E-state index contributed by atoms with van der Waals surface area (Å²) in [7, 11) is 0. The lowest BCUT2D eigenvalue weighted by Gasteiger charge is -2.13. The quantitative estimate of drug-likeness (QED) is 0.463. The molecular formula is C11H12Cl2O2. The van der Waals surface area contributed by atoms with Crippen LogP contribution in [0.25, 0.3) is 0 Å². The largest absolute Gasteiger partial charge is 0.426 e. The summed E-state index contributed by atoms with van der Waals surface area (Å²) in [5, 5.41) is 0.533. The van der Waals surface area contributed by atoms with Crippen LogP contribution >= 0.6 is 23.2 Å². The fourth-order valence-electron chi connectivity index (χ4n) is 1.04. The van der Waals surface area contributed by atoms with Crippen molar-refractivity contribution in [3.63, 3.8) is 0 Å². The molecule has 0 saturated carbocycles. The number of esters is 1. The Morgan fingerprint density at radius 1 is 1.47 bits per heavy atom. The summed E-state index contributed by atoms with van der Waals surface area (Å²) in [5.74, 6) is 0.0747. The predicted molar refractivity (Wildman–Crippen MR) is 61.6 cm³/mol. The van der Waals surface area contributed by atoms with E-state index in [0.717, 1.165) is 0 Å². The van der Waals surface area contributed by atoms with E-state index in [0.29, 0.717) is 10.8 Å². The highest BCUT2D eigenvalue weighted by Gasteiger charge is 2.19. The van der Waals surface area contributed by atoms with Crippen LogP contribution < -0.4 is 4.74 Å². The van der Waals surface area contributed by atoms with Gasteiger partial charge >= 0.3 is 5.97 Å². The highest BCUT2D eigenvalue weighted by molar-refractivity contribution is 6.30. The van der Waals surface area contributed by atoms with E-state index < -0.39 is 4.87 Å².